The van der Waals surface area contributed by atoms with Gasteiger partial charge in [0.15, 0.2) is 0 Å². The van der Waals surface area contributed by atoms with Crippen molar-refractivity contribution < 1.29 is 31.6 Å². The average Bonchev–Trinajstić information content (AvgIpc) is 0.795. The molecule has 4 aromatic carbocycles. The second kappa shape index (κ2) is 39.6. The minimum atomic E-state index is -0.366. The lowest BCUT2D eigenvalue weighted by atomic mass is 9.63. The molecule has 2 N–H and O–H groups in total. The number of ether oxygens (including phenoxy) is 1. The highest BCUT2D eigenvalue weighted by molar-refractivity contribution is 7.99. The molecule has 4 aromatic rings. The van der Waals surface area contributed by atoms with Gasteiger partial charge in [0.25, 0.3) is 0 Å². The molecule has 4 heterocycles. The number of amides is 4. The Labute approximate surface area is 673 Å². The van der Waals surface area contributed by atoms with Gasteiger partial charge in [-0.15, -0.1) is 0 Å². The fraction of sp³-hybridized carbons (Fsp3) is 0.695. The predicted molar refractivity (Wildman–Crippen MR) is 459 cm³/mol. The molecule has 14 nitrogen and oxygen atoms in total. The topological polar surface area (TPSA) is 138 Å². The summed E-state index contributed by atoms with van der Waals surface area (Å²) in [5.41, 5.74) is 12.9. The number of likely N-dealkylation sites (tertiary alicyclic amines) is 4. The van der Waals surface area contributed by atoms with Gasteiger partial charge in [0.2, 0.25) is 23.6 Å². The lowest BCUT2D eigenvalue weighted by molar-refractivity contribution is -0.148. The SMILES string of the molecule is CC(=O)N(C(C)C)[C@H]1CCC2(CCN(CCC(C)C)CC2)c2ccccc21.CCCC(CCC)N1CCC2(CC[C@H](NC(=O)C3CC3)c3ccccc32)CC1.COC(=O)CN(C(C)=O)[C@H]1CCC2(CCN(CCC(C)(C)C)CC2)c2ccccc21.CSC(C)CCN1CCC2(CC[C@H](NC(C)=O)c3ccccc32)CC1.[HH].[HH]. The van der Waals surface area contributed by atoms with E-state index in [1.807, 2.05) is 11.8 Å². The van der Waals surface area contributed by atoms with Crippen LogP contribution in [0.5, 0.6) is 0 Å². The molecule has 4 aliphatic heterocycles. The molecule has 13 rings (SSSR count). The van der Waals surface area contributed by atoms with E-state index in [1.54, 1.807) is 25.7 Å². The summed E-state index contributed by atoms with van der Waals surface area (Å²) in [6.45, 7) is 40.9. The zero-order valence-electron chi connectivity index (χ0n) is 71.1. The number of nitrogens with zero attached hydrogens (tertiary/aromatic N) is 6. The zero-order chi connectivity index (χ0) is 79.0. The minimum Gasteiger partial charge on any atom is -0.468 e. The van der Waals surface area contributed by atoms with Crippen LogP contribution in [-0.2, 0) is 50.4 Å². The molecule has 1 saturated carbocycles. The zero-order valence-corrected chi connectivity index (χ0v) is 72.0. The Morgan fingerprint density at radius 2 is 0.909 bits per heavy atom. The van der Waals surface area contributed by atoms with Gasteiger partial charge in [-0.05, 0) is 317 Å². The molecule has 0 bridgehead atoms. The predicted octanol–water partition coefficient (Wildman–Crippen LogP) is 19.4. The van der Waals surface area contributed by atoms with Gasteiger partial charge in [0.1, 0.15) is 6.54 Å². The molecule has 5 atom stereocenters. The number of benzene rings is 4. The molecular formula is C95H150N8O6S. The summed E-state index contributed by atoms with van der Waals surface area (Å²) in [7, 11) is 1.37. The normalized spacial score (nSPS) is 22.9. The maximum absolute atomic E-state index is 12.4. The number of esters is 1. The van der Waals surface area contributed by atoms with Gasteiger partial charge in [0.05, 0.1) is 31.3 Å². The maximum Gasteiger partial charge on any atom is 0.325 e. The van der Waals surface area contributed by atoms with Crippen molar-refractivity contribution in [2.24, 2.45) is 17.3 Å². The van der Waals surface area contributed by atoms with Gasteiger partial charge >= 0.3 is 5.97 Å². The van der Waals surface area contributed by atoms with E-state index in [0.29, 0.717) is 27.6 Å². The van der Waals surface area contributed by atoms with Gasteiger partial charge in [-0.25, -0.2) is 0 Å². The quantitative estimate of drug-likeness (QED) is 0.0727. The van der Waals surface area contributed by atoms with Gasteiger partial charge in [-0.2, -0.15) is 11.8 Å². The Balaban J connectivity index is 0.000000187. The lowest BCUT2D eigenvalue weighted by Crippen LogP contribution is -2.49. The number of nitrogens with one attached hydrogen (secondary N) is 2. The lowest BCUT2D eigenvalue weighted by Gasteiger charge is -2.49. The highest BCUT2D eigenvalue weighted by Gasteiger charge is 2.48. The second-order valence-electron chi connectivity index (χ2n) is 37.1. The number of rotatable bonds is 22. The summed E-state index contributed by atoms with van der Waals surface area (Å²) >= 11 is 1.97. The minimum absolute atomic E-state index is 0. The number of hydrogen-bond donors (Lipinski definition) is 2. The first-order chi connectivity index (χ1) is 52.7. The number of carbonyl (C=O) groups is 5. The molecule has 110 heavy (non-hydrogen) atoms. The third-order valence-electron chi connectivity index (χ3n) is 27.8. The second-order valence-corrected chi connectivity index (χ2v) is 38.4. The number of hydrogen-bond acceptors (Lipinski definition) is 11. The van der Waals surface area contributed by atoms with Gasteiger partial charge < -0.3 is 44.8 Å². The number of carbonyl (C=O) groups excluding carboxylic acids is 5. The van der Waals surface area contributed by atoms with E-state index < -0.39 is 0 Å². The van der Waals surface area contributed by atoms with Gasteiger partial charge in [-0.3, -0.25) is 24.0 Å². The summed E-state index contributed by atoms with van der Waals surface area (Å²) < 4.78 is 4.84. The molecule has 9 aliphatic rings. The molecule has 4 amide bonds. The first-order valence-electron chi connectivity index (χ1n) is 43.7. The molecule has 5 aliphatic carbocycles. The number of methoxy groups -OCH3 is 1. The molecule has 4 saturated heterocycles. The van der Waals surface area contributed by atoms with Gasteiger partial charge in [-0.1, -0.05) is 165 Å². The smallest absolute Gasteiger partial charge is 0.325 e. The van der Waals surface area contributed by atoms with E-state index in [2.05, 4.69) is 208 Å². The summed E-state index contributed by atoms with van der Waals surface area (Å²) in [6, 6.07) is 37.0. The van der Waals surface area contributed by atoms with E-state index in [1.165, 1.54) is 213 Å². The number of thioether (sulfide) groups is 1. The Kier molecular flexibility index (Phi) is 31.3. The Hall–Kier alpha value is -5.58. The highest BCUT2D eigenvalue weighted by Crippen LogP contribution is 2.54. The van der Waals surface area contributed by atoms with E-state index in [-0.39, 0.29) is 74.6 Å². The fourth-order valence-corrected chi connectivity index (χ4v) is 21.3. The van der Waals surface area contributed by atoms with Crippen molar-refractivity contribution in [2.45, 2.75) is 314 Å². The van der Waals surface area contributed by atoms with Crippen LogP contribution in [0.1, 0.15) is 322 Å². The molecule has 612 valence electrons. The van der Waals surface area contributed by atoms with E-state index in [4.69, 9.17) is 4.74 Å². The molecule has 0 aromatic heterocycles. The Morgan fingerprint density at radius 3 is 1.31 bits per heavy atom. The van der Waals surface area contributed by atoms with Crippen molar-refractivity contribution in [1.29, 1.82) is 0 Å². The first-order valence-corrected chi connectivity index (χ1v) is 45.0. The first kappa shape index (κ1) is 86.8. The maximum atomic E-state index is 12.4. The van der Waals surface area contributed by atoms with Crippen molar-refractivity contribution in [3.63, 3.8) is 0 Å². The highest BCUT2D eigenvalue weighted by atomic mass is 32.2. The van der Waals surface area contributed by atoms with E-state index in [9.17, 15) is 24.0 Å². The summed E-state index contributed by atoms with van der Waals surface area (Å²) in [4.78, 5) is 75.1. The van der Waals surface area contributed by atoms with Crippen molar-refractivity contribution in [3.05, 3.63) is 142 Å². The molecular weight excluding hydrogens is 1380 g/mol. The average molecular weight is 1530 g/mol. The standard InChI is InChI=1S/C25H38N2O3.C25H38N2O.C24H38N2O.C21H32N2OS.2H2/c1-19(28)27(18-23(29)30-5)22-10-11-25(21-9-7-6-8-20(21)22)13-16-26(17-14-25)15-12-24(2,3)4;1-3-7-20(8-4-2)27-17-15-25(16-18-27)14-13-23(26-24(28)19-11-12-19)21-9-5-6-10-22(21)25;1-18(2)11-15-25-16-13-24(14-17-25)12-10-23(26(19(3)4)20(5)27)21-8-6-7-9-22(21)24;1-16(25-3)9-13-23-14-11-21(12-15-23)10-8-20(22-17(2)24)18-6-4-5-7-19(18)21;;/h6-9,22H,10-18H2,1-5H3;5-6,9-10,19-20,23H,3-4,7-8,11-18H2,1-2H3,(H,26,28);6-9,18-19,23H,10-17H2,1-5H3;4-7,16,20H,8-15H2,1-3H3,(H,22,24);2*1H/t22-;2*23-;16?,20-;;/m0000../s1. The summed E-state index contributed by atoms with van der Waals surface area (Å²) in [6.07, 6.45) is 32.2. The number of fused-ring (bicyclic) bond motifs is 8. The monoisotopic (exact) mass is 1530 g/mol. The Bertz CT molecular complexity index is 3610. The van der Waals surface area contributed by atoms with Crippen LogP contribution in [0.15, 0.2) is 97.1 Å². The van der Waals surface area contributed by atoms with Crippen LogP contribution in [0.3, 0.4) is 0 Å². The van der Waals surface area contributed by atoms with Crippen LogP contribution in [0.4, 0.5) is 0 Å². The summed E-state index contributed by atoms with van der Waals surface area (Å²) in [5, 5.41) is 7.28. The van der Waals surface area contributed by atoms with Crippen LogP contribution >= 0.6 is 11.8 Å². The number of piperidine rings is 4. The van der Waals surface area contributed by atoms with Crippen LogP contribution in [0.25, 0.3) is 0 Å². The molecule has 15 heteroatoms. The summed E-state index contributed by atoms with van der Waals surface area (Å²) in [5.74, 6) is 1.19. The fourth-order valence-electron chi connectivity index (χ4n) is 20.9. The van der Waals surface area contributed by atoms with E-state index in [0.717, 1.165) is 88.1 Å². The molecule has 0 radical (unpaired) electrons. The van der Waals surface area contributed by atoms with Gasteiger partial charge in [0, 0.05) is 46.9 Å². The molecule has 5 fully saturated rings. The van der Waals surface area contributed by atoms with Crippen LogP contribution in [-0.4, -0.2) is 168 Å². The molecule has 4 spiro atoms. The van der Waals surface area contributed by atoms with Crippen LogP contribution in [0, 0.1) is 17.3 Å². The van der Waals surface area contributed by atoms with Crippen molar-refractivity contribution in [1.82, 2.24) is 40.0 Å². The largest absolute Gasteiger partial charge is 0.468 e. The molecule has 1 unspecified atom stereocenters. The van der Waals surface area contributed by atoms with Crippen molar-refractivity contribution >= 4 is 41.4 Å². The third-order valence-corrected chi connectivity index (χ3v) is 28.9. The van der Waals surface area contributed by atoms with Crippen LogP contribution in [0.2, 0.25) is 0 Å². The van der Waals surface area contributed by atoms with Crippen LogP contribution < -0.4 is 10.6 Å². The Morgan fingerprint density at radius 1 is 0.509 bits per heavy atom. The van der Waals surface area contributed by atoms with Crippen molar-refractivity contribution in [3.8, 4) is 0 Å². The van der Waals surface area contributed by atoms with Crippen molar-refractivity contribution in [2.75, 3.05) is 91.9 Å². The van der Waals surface area contributed by atoms with E-state index >= 15 is 0 Å². The third kappa shape index (κ3) is 21.9.